The lowest BCUT2D eigenvalue weighted by Crippen LogP contribution is -2.38. The fourth-order valence-corrected chi connectivity index (χ4v) is 3.30. The number of ether oxygens (including phenoxy) is 1. The predicted octanol–water partition coefficient (Wildman–Crippen LogP) is 1.74. The second-order valence-corrected chi connectivity index (χ2v) is 8.35. The molecule has 4 aromatic rings. The number of anilines is 1. The first-order valence-electron chi connectivity index (χ1n) is 9.87. The maximum atomic E-state index is 13.2. The summed E-state index contributed by atoms with van der Waals surface area (Å²) in [5.41, 5.74) is 8.52. The third-order valence-electron chi connectivity index (χ3n) is 4.62. The van der Waals surface area contributed by atoms with Crippen molar-refractivity contribution in [1.29, 1.82) is 0 Å². The van der Waals surface area contributed by atoms with Gasteiger partial charge in [-0.1, -0.05) is 17.3 Å². The molecule has 176 valence electrons. The summed E-state index contributed by atoms with van der Waals surface area (Å²) in [6.45, 7) is -0.360. The van der Waals surface area contributed by atoms with E-state index >= 15 is 0 Å². The van der Waals surface area contributed by atoms with Gasteiger partial charge in [0, 0.05) is 24.9 Å². The summed E-state index contributed by atoms with van der Waals surface area (Å²) in [6, 6.07) is 11.2. The van der Waals surface area contributed by atoms with Crippen LogP contribution in [0.1, 0.15) is 16.8 Å². The third kappa shape index (κ3) is 6.21. The maximum Gasteiger partial charge on any atom is 0.316 e. The molecule has 0 aliphatic rings. The lowest BCUT2D eigenvalue weighted by atomic mass is 10.1. The van der Waals surface area contributed by atoms with Gasteiger partial charge in [0.2, 0.25) is 0 Å². The van der Waals surface area contributed by atoms with Crippen LogP contribution in [-0.2, 0) is 28.8 Å². The van der Waals surface area contributed by atoms with Crippen LogP contribution in [-0.4, -0.2) is 20.0 Å². The van der Waals surface area contributed by atoms with Gasteiger partial charge in [0.15, 0.2) is 12.5 Å². The molecule has 3 heterocycles. The van der Waals surface area contributed by atoms with Crippen molar-refractivity contribution in [3.05, 3.63) is 83.7 Å². The highest BCUT2D eigenvalue weighted by Gasteiger charge is 2.18. The summed E-state index contributed by atoms with van der Waals surface area (Å²) < 4.78 is 40.6. The summed E-state index contributed by atoms with van der Waals surface area (Å²) in [6.07, 6.45) is 5.02. The molecule has 34 heavy (non-hydrogen) atoms. The van der Waals surface area contributed by atoms with Crippen molar-refractivity contribution in [2.45, 2.75) is 19.8 Å². The van der Waals surface area contributed by atoms with E-state index in [0.717, 1.165) is 5.56 Å². The Bertz CT molecular complexity index is 1330. The number of nitrogens with two attached hydrogens (primary N) is 1. The average Bonchev–Trinajstić information content (AvgIpc) is 3.25. The first kappa shape index (κ1) is 23.5. The van der Waals surface area contributed by atoms with Gasteiger partial charge in [-0.2, -0.15) is 0 Å². The fourth-order valence-electron chi connectivity index (χ4n) is 3.03. The molecule has 0 amide bonds. The Morgan fingerprint density at radius 2 is 1.97 bits per heavy atom. The fraction of sp³-hybridized carbons (Fsp3) is 0.143. The average molecular weight is 487 g/mol. The molecule has 1 atom stereocenters. The topological polar surface area (TPSA) is 161 Å². The SMILES string of the molecule is Nc1c(-c2cc(Cc3cnc(OCc4cccc(F)c4)nc3)no2)ccc[n+]1COP(=O)([O-])O. The summed E-state index contributed by atoms with van der Waals surface area (Å²) in [5, 5.41) is 4.02. The van der Waals surface area contributed by atoms with Crippen molar-refractivity contribution in [1.82, 2.24) is 15.1 Å². The molecule has 1 unspecified atom stereocenters. The van der Waals surface area contributed by atoms with Crippen molar-refractivity contribution in [3.8, 4) is 17.3 Å². The number of phosphoric ester groups is 1. The zero-order valence-corrected chi connectivity index (χ0v) is 18.5. The number of hydrogen-bond acceptors (Lipinski definition) is 9. The Labute approximate surface area is 192 Å². The number of nitrogens with zero attached hydrogens (tertiary/aromatic N) is 4. The van der Waals surface area contributed by atoms with Crippen molar-refractivity contribution in [3.63, 3.8) is 0 Å². The Morgan fingerprint density at radius 1 is 1.18 bits per heavy atom. The number of phosphoric acid groups is 1. The van der Waals surface area contributed by atoms with E-state index in [9.17, 15) is 13.8 Å². The van der Waals surface area contributed by atoms with Crippen LogP contribution >= 0.6 is 7.82 Å². The Kier molecular flexibility index (Phi) is 6.94. The van der Waals surface area contributed by atoms with Gasteiger partial charge in [-0.05, 0) is 35.4 Å². The molecule has 0 saturated heterocycles. The number of rotatable bonds is 9. The predicted molar refractivity (Wildman–Crippen MR) is 113 cm³/mol. The smallest absolute Gasteiger partial charge is 0.316 e. The van der Waals surface area contributed by atoms with Crippen LogP contribution in [0.4, 0.5) is 10.2 Å². The number of nitrogen functional groups attached to an aromatic ring is 1. The highest BCUT2D eigenvalue weighted by molar-refractivity contribution is 7.44. The summed E-state index contributed by atoms with van der Waals surface area (Å²) in [5.74, 6) is 0.164. The van der Waals surface area contributed by atoms with Gasteiger partial charge in [0.05, 0.1) is 11.9 Å². The van der Waals surface area contributed by atoms with E-state index in [1.165, 1.54) is 22.9 Å². The first-order valence-corrected chi connectivity index (χ1v) is 11.4. The van der Waals surface area contributed by atoms with Crippen LogP contribution in [0.5, 0.6) is 6.01 Å². The van der Waals surface area contributed by atoms with E-state index in [1.807, 2.05) is 0 Å². The van der Waals surface area contributed by atoms with Gasteiger partial charge in [-0.15, -0.1) is 0 Å². The molecule has 0 saturated carbocycles. The van der Waals surface area contributed by atoms with Crippen LogP contribution in [0.25, 0.3) is 11.3 Å². The molecule has 4 rings (SSSR count). The molecule has 13 heteroatoms. The number of benzene rings is 1. The van der Waals surface area contributed by atoms with Crippen molar-refractivity contribution < 1.29 is 37.1 Å². The molecule has 1 aromatic carbocycles. The minimum Gasteiger partial charge on any atom is -0.756 e. The zero-order chi connectivity index (χ0) is 24.1. The van der Waals surface area contributed by atoms with E-state index in [4.69, 9.17) is 19.9 Å². The summed E-state index contributed by atoms with van der Waals surface area (Å²) in [4.78, 5) is 27.9. The van der Waals surface area contributed by atoms with Crippen LogP contribution in [0, 0.1) is 5.82 Å². The zero-order valence-electron chi connectivity index (χ0n) is 17.6. The number of pyridine rings is 1. The minimum atomic E-state index is -4.90. The van der Waals surface area contributed by atoms with Gasteiger partial charge in [0.25, 0.3) is 13.6 Å². The molecule has 11 nitrogen and oxygen atoms in total. The van der Waals surface area contributed by atoms with Gasteiger partial charge >= 0.3 is 6.01 Å². The second kappa shape index (κ2) is 10.1. The Balaban J connectivity index is 1.40. The largest absolute Gasteiger partial charge is 0.756 e. The van der Waals surface area contributed by atoms with Gasteiger partial charge in [-0.25, -0.2) is 18.9 Å². The quantitative estimate of drug-likeness (QED) is 0.263. The monoisotopic (exact) mass is 487 g/mol. The number of hydrogen-bond donors (Lipinski definition) is 2. The van der Waals surface area contributed by atoms with Gasteiger partial charge in [-0.3, -0.25) is 14.8 Å². The van der Waals surface area contributed by atoms with E-state index in [0.29, 0.717) is 29.0 Å². The van der Waals surface area contributed by atoms with Crippen LogP contribution in [0.3, 0.4) is 0 Å². The minimum absolute atomic E-state index is 0.137. The van der Waals surface area contributed by atoms with Crippen LogP contribution in [0.15, 0.2) is 65.6 Å². The maximum absolute atomic E-state index is 13.2. The second-order valence-electron chi connectivity index (χ2n) is 7.16. The molecule has 3 aromatic heterocycles. The molecule has 0 aliphatic heterocycles. The normalized spacial score (nSPS) is 12.9. The van der Waals surface area contributed by atoms with Crippen molar-refractivity contribution in [2.75, 3.05) is 5.73 Å². The molecular weight excluding hydrogens is 468 g/mol. The van der Waals surface area contributed by atoms with Crippen LogP contribution < -0.4 is 19.9 Å². The molecule has 0 fully saturated rings. The highest BCUT2D eigenvalue weighted by Crippen LogP contribution is 2.30. The molecular formula is C21H19FN5O6P. The Hall–Kier alpha value is -3.70. The van der Waals surface area contributed by atoms with Crippen molar-refractivity contribution in [2.24, 2.45) is 0 Å². The molecule has 0 bridgehead atoms. The van der Waals surface area contributed by atoms with E-state index < -0.39 is 14.6 Å². The lowest BCUT2D eigenvalue weighted by molar-refractivity contribution is -0.712. The molecule has 0 spiro atoms. The standard InChI is InChI=1S/C21H19FN5O6P/c22-16-4-1-3-14(7-16)12-31-21-24-10-15(11-25-21)8-17-9-19(33-26-17)18-5-2-6-27(20(18)23)13-32-34(28,29)30/h1-7,9-11,23H,8,12-13H2,(H2,28,29,30). The molecule has 3 N–H and O–H groups in total. The lowest BCUT2D eigenvalue weighted by Gasteiger charge is -2.14. The van der Waals surface area contributed by atoms with Crippen LogP contribution in [0.2, 0.25) is 0 Å². The summed E-state index contributed by atoms with van der Waals surface area (Å²) in [7, 11) is -4.90. The summed E-state index contributed by atoms with van der Waals surface area (Å²) >= 11 is 0. The molecule has 0 aliphatic carbocycles. The van der Waals surface area contributed by atoms with E-state index in [2.05, 4.69) is 19.6 Å². The van der Waals surface area contributed by atoms with E-state index in [-0.39, 0.29) is 24.3 Å². The number of aromatic nitrogens is 4. The molecule has 0 radical (unpaired) electrons. The van der Waals surface area contributed by atoms with Gasteiger partial charge < -0.3 is 19.0 Å². The Morgan fingerprint density at radius 3 is 2.71 bits per heavy atom. The first-order chi connectivity index (χ1) is 16.3. The third-order valence-corrected chi connectivity index (χ3v) is 5.06. The van der Waals surface area contributed by atoms with Gasteiger partial charge in [0.1, 0.15) is 18.0 Å². The number of halogens is 1. The van der Waals surface area contributed by atoms with Crippen molar-refractivity contribution >= 4 is 13.6 Å². The highest BCUT2D eigenvalue weighted by atomic mass is 31.2. The van der Waals surface area contributed by atoms with E-state index in [1.54, 1.807) is 42.7 Å².